The normalized spacial score (nSPS) is 16.6. The summed E-state index contributed by atoms with van der Waals surface area (Å²) < 4.78 is 13.3. The Bertz CT molecular complexity index is 429. The number of benzene rings is 1. The minimum atomic E-state index is -0.311. The van der Waals surface area contributed by atoms with Crippen LogP contribution in [0.15, 0.2) is 18.2 Å². The van der Waals surface area contributed by atoms with Crippen molar-refractivity contribution in [1.29, 1.82) is 0 Å². The van der Waals surface area contributed by atoms with Crippen LogP contribution in [-0.4, -0.2) is 11.9 Å². The third kappa shape index (κ3) is 3.03. The van der Waals surface area contributed by atoms with Crippen molar-refractivity contribution in [3.63, 3.8) is 0 Å². The van der Waals surface area contributed by atoms with E-state index in [4.69, 9.17) is 5.73 Å². The van der Waals surface area contributed by atoms with Crippen LogP contribution in [0.1, 0.15) is 24.8 Å². The zero-order chi connectivity index (χ0) is 12.4. The summed E-state index contributed by atoms with van der Waals surface area (Å²) in [4.78, 5) is 11.7. The Labute approximate surface area is 100 Å². The van der Waals surface area contributed by atoms with E-state index in [1.165, 1.54) is 6.07 Å². The van der Waals surface area contributed by atoms with Crippen LogP contribution in [0.5, 0.6) is 0 Å². The van der Waals surface area contributed by atoms with Gasteiger partial charge < -0.3 is 11.1 Å². The minimum absolute atomic E-state index is 0.0659. The number of carbonyl (C=O) groups is 1. The number of hydrogen-bond donors (Lipinski definition) is 2. The smallest absolute Gasteiger partial charge is 0.225 e. The van der Waals surface area contributed by atoms with Gasteiger partial charge in [-0.15, -0.1) is 0 Å². The lowest BCUT2D eigenvalue weighted by Crippen LogP contribution is -2.29. The highest BCUT2D eigenvalue weighted by molar-refractivity contribution is 5.91. The molecule has 1 amide bonds. The predicted octanol–water partition coefficient (Wildman–Crippen LogP) is 2.20. The molecule has 0 aromatic heterocycles. The topological polar surface area (TPSA) is 55.1 Å². The standard InChI is InChI=1S/C13H17FN2O/c1-8-10(14)3-2-4-12(8)16-13(17)7-11(15)9-5-6-9/h2-4,9,11H,5-7,15H2,1H3,(H,16,17). The zero-order valence-corrected chi connectivity index (χ0v) is 9.87. The van der Waals surface area contributed by atoms with Gasteiger partial charge >= 0.3 is 0 Å². The largest absolute Gasteiger partial charge is 0.327 e. The van der Waals surface area contributed by atoms with Crippen molar-refractivity contribution in [2.75, 3.05) is 5.32 Å². The van der Waals surface area contributed by atoms with E-state index in [0.717, 1.165) is 12.8 Å². The maximum atomic E-state index is 13.3. The van der Waals surface area contributed by atoms with Crippen molar-refractivity contribution in [3.8, 4) is 0 Å². The van der Waals surface area contributed by atoms with E-state index in [9.17, 15) is 9.18 Å². The highest BCUT2D eigenvalue weighted by atomic mass is 19.1. The Balaban J connectivity index is 1.95. The maximum Gasteiger partial charge on any atom is 0.225 e. The monoisotopic (exact) mass is 236 g/mol. The average Bonchev–Trinajstić information content (AvgIpc) is 3.08. The number of halogens is 1. The quantitative estimate of drug-likeness (QED) is 0.842. The summed E-state index contributed by atoms with van der Waals surface area (Å²) in [5.41, 5.74) is 6.85. The van der Waals surface area contributed by atoms with Gasteiger partial charge in [-0.2, -0.15) is 0 Å². The first-order chi connectivity index (χ1) is 8.08. The summed E-state index contributed by atoms with van der Waals surface area (Å²) in [6.45, 7) is 1.64. The average molecular weight is 236 g/mol. The molecule has 1 aromatic carbocycles. The van der Waals surface area contributed by atoms with E-state index in [2.05, 4.69) is 5.32 Å². The number of rotatable bonds is 4. The van der Waals surface area contributed by atoms with Gasteiger partial charge in [-0.1, -0.05) is 6.07 Å². The van der Waals surface area contributed by atoms with E-state index >= 15 is 0 Å². The van der Waals surface area contributed by atoms with E-state index in [1.807, 2.05) is 0 Å². The number of hydrogen-bond acceptors (Lipinski definition) is 2. The first-order valence-corrected chi connectivity index (χ1v) is 5.88. The predicted molar refractivity (Wildman–Crippen MR) is 65.1 cm³/mol. The first kappa shape index (κ1) is 12.0. The Morgan fingerprint density at radius 3 is 2.94 bits per heavy atom. The fourth-order valence-corrected chi connectivity index (χ4v) is 1.85. The van der Waals surface area contributed by atoms with Crippen LogP contribution in [0.2, 0.25) is 0 Å². The number of carbonyl (C=O) groups excluding carboxylic acids is 1. The SMILES string of the molecule is Cc1c(F)cccc1NC(=O)CC(N)C1CC1. The maximum absolute atomic E-state index is 13.3. The molecular formula is C13H17FN2O. The van der Waals surface area contributed by atoms with Crippen molar-refractivity contribution >= 4 is 11.6 Å². The fourth-order valence-electron chi connectivity index (χ4n) is 1.85. The second-order valence-corrected chi connectivity index (χ2v) is 4.67. The van der Waals surface area contributed by atoms with Gasteiger partial charge in [0.2, 0.25) is 5.91 Å². The molecule has 1 saturated carbocycles. The molecule has 0 heterocycles. The van der Waals surface area contributed by atoms with Crippen LogP contribution >= 0.6 is 0 Å². The molecule has 0 bridgehead atoms. The Hall–Kier alpha value is -1.42. The number of amides is 1. The van der Waals surface area contributed by atoms with E-state index in [-0.39, 0.29) is 17.8 Å². The third-order valence-electron chi connectivity index (χ3n) is 3.19. The molecular weight excluding hydrogens is 219 g/mol. The lowest BCUT2D eigenvalue weighted by atomic mass is 10.1. The van der Waals surface area contributed by atoms with E-state index in [0.29, 0.717) is 23.6 Å². The number of nitrogens with one attached hydrogen (secondary N) is 1. The molecule has 1 atom stereocenters. The van der Waals surface area contributed by atoms with Gasteiger partial charge in [0.05, 0.1) is 0 Å². The van der Waals surface area contributed by atoms with Crippen molar-refractivity contribution in [1.82, 2.24) is 0 Å². The van der Waals surface area contributed by atoms with Crippen LogP contribution in [0.4, 0.5) is 10.1 Å². The molecule has 0 radical (unpaired) electrons. The van der Waals surface area contributed by atoms with Gasteiger partial charge in [-0.05, 0) is 37.8 Å². The fraction of sp³-hybridized carbons (Fsp3) is 0.462. The molecule has 3 nitrogen and oxygen atoms in total. The minimum Gasteiger partial charge on any atom is -0.327 e. The molecule has 0 aliphatic heterocycles. The second kappa shape index (κ2) is 4.84. The summed E-state index contributed by atoms with van der Waals surface area (Å²) in [7, 11) is 0. The van der Waals surface area contributed by atoms with Gasteiger partial charge in [-0.3, -0.25) is 4.79 Å². The summed E-state index contributed by atoms with van der Waals surface area (Å²) in [5, 5.41) is 2.71. The van der Waals surface area contributed by atoms with Gasteiger partial charge in [0.25, 0.3) is 0 Å². The van der Waals surface area contributed by atoms with Crippen molar-refractivity contribution in [2.24, 2.45) is 11.7 Å². The summed E-state index contributed by atoms with van der Waals surface area (Å²) in [6, 6.07) is 4.59. The summed E-state index contributed by atoms with van der Waals surface area (Å²) in [6.07, 6.45) is 2.54. The Morgan fingerprint density at radius 1 is 1.59 bits per heavy atom. The molecule has 17 heavy (non-hydrogen) atoms. The second-order valence-electron chi connectivity index (χ2n) is 4.67. The van der Waals surface area contributed by atoms with Gasteiger partial charge in [-0.25, -0.2) is 4.39 Å². The molecule has 3 N–H and O–H groups in total. The lowest BCUT2D eigenvalue weighted by Gasteiger charge is -2.12. The van der Waals surface area contributed by atoms with Gasteiger partial charge in [0.1, 0.15) is 5.82 Å². The van der Waals surface area contributed by atoms with Gasteiger partial charge in [0, 0.05) is 23.7 Å². The molecule has 0 spiro atoms. The highest BCUT2D eigenvalue weighted by Crippen LogP contribution is 2.32. The molecule has 1 unspecified atom stereocenters. The van der Waals surface area contributed by atoms with Gasteiger partial charge in [0.15, 0.2) is 0 Å². The van der Waals surface area contributed by atoms with Crippen LogP contribution in [0.25, 0.3) is 0 Å². The van der Waals surface area contributed by atoms with Crippen molar-refractivity contribution in [2.45, 2.75) is 32.2 Å². The third-order valence-corrected chi connectivity index (χ3v) is 3.19. The summed E-state index contributed by atoms with van der Waals surface area (Å²) in [5.74, 6) is 0.0433. The molecule has 0 saturated heterocycles. The highest BCUT2D eigenvalue weighted by Gasteiger charge is 2.29. The molecule has 2 rings (SSSR count). The zero-order valence-electron chi connectivity index (χ0n) is 9.87. The summed E-state index contributed by atoms with van der Waals surface area (Å²) >= 11 is 0. The van der Waals surface area contributed by atoms with Crippen LogP contribution < -0.4 is 11.1 Å². The van der Waals surface area contributed by atoms with E-state index < -0.39 is 0 Å². The lowest BCUT2D eigenvalue weighted by molar-refractivity contribution is -0.116. The Morgan fingerprint density at radius 2 is 2.29 bits per heavy atom. The molecule has 4 heteroatoms. The van der Waals surface area contributed by atoms with Crippen LogP contribution in [0, 0.1) is 18.7 Å². The molecule has 1 fully saturated rings. The molecule has 92 valence electrons. The molecule has 1 aliphatic rings. The van der Waals surface area contributed by atoms with Crippen LogP contribution in [0.3, 0.4) is 0 Å². The van der Waals surface area contributed by atoms with Crippen molar-refractivity contribution in [3.05, 3.63) is 29.6 Å². The Kier molecular flexibility index (Phi) is 3.43. The molecule has 1 aliphatic carbocycles. The molecule has 1 aromatic rings. The van der Waals surface area contributed by atoms with E-state index in [1.54, 1.807) is 19.1 Å². The number of nitrogens with two attached hydrogens (primary N) is 1. The number of anilines is 1. The van der Waals surface area contributed by atoms with Crippen LogP contribution in [-0.2, 0) is 4.79 Å². The van der Waals surface area contributed by atoms with Crippen molar-refractivity contribution < 1.29 is 9.18 Å². The first-order valence-electron chi connectivity index (χ1n) is 5.88.